The Kier molecular flexibility index (Phi) is 3.67. The molecule has 1 saturated heterocycles. The van der Waals surface area contributed by atoms with Crippen LogP contribution >= 0.6 is 0 Å². The van der Waals surface area contributed by atoms with Gasteiger partial charge in [0.2, 0.25) is 0 Å². The van der Waals surface area contributed by atoms with Crippen LogP contribution in [0.15, 0.2) is 0 Å². The Morgan fingerprint density at radius 2 is 1.83 bits per heavy atom. The van der Waals surface area contributed by atoms with Crippen LogP contribution in [0.25, 0.3) is 5.32 Å². The summed E-state index contributed by atoms with van der Waals surface area (Å²) in [5, 5.41) is 4.00. The molecule has 0 aromatic heterocycles. The molecule has 0 unspecified atom stereocenters. The average Bonchev–Trinajstić information content (AvgIpc) is 1.30. The van der Waals surface area contributed by atoms with Gasteiger partial charge in [0.25, 0.3) is 0 Å². The van der Waals surface area contributed by atoms with Crippen LogP contribution in [0.4, 0.5) is 0 Å². The zero-order valence-electron chi connectivity index (χ0n) is 4.02. The van der Waals surface area contributed by atoms with E-state index in [2.05, 4.69) is 12.2 Å². The van der Waals surface area contributed by atoms with Crippen LogP contribution in [0.3, 0.4) is 0 Å². The van der Waals surface area contributed by atoms with E-state index >= 15 is 0 Å². The molecule has 0 atom stereocenters. The summed E-state index contributed by atoms with van der Waals surface area (Å²) in [4.78, 5) is 0. The summed E-state index contributed by atoms with van der Waals surface area (Å²) in [7, 11) is 0. The maximum Gasteiger partial charge on any atom is 0 e. The Hall–Kier alpha value is 1.06. The Balaban J connectivity index is 0.000000250. The molecule has 0 aliphatic carbocycles. The van der Waals surface area contributed by atoms with E-state index < -0.39 is 0 Å². The summed E-state index contributed by atoms with van der Waals surface area (Å²) in [5.41, 5.74) is 0. The van der Waals surface area contributed by atoms with E-state index in [0.717, 1.165) is 19.0 Å². The fourth-order valence-corrected chi connectivity index (χ4v) is 0.387. The largest absolute Gasteiger partial charge is 0.662 e. The van der Waals surface area contributed by atoms with Crippen molar-refractivity contribution in [3.05, 3.63) is 5.32 Å². The SMILES string of the molecule is CC1C[N-]C1.[Y]. The van der Waals surface area contributed by atoms with Crippen molar-refractivity contribution < 1.29 is 32.7 Å². The average molecular weight is 159 g/mol. The topological polar surface area (TPSA) is 14.1 Å². The molecule has 1 radical (unpaired) electrons. The van der Waals surface area contributed by atoms with Gasteiger partial charge in [0, 0.05) is 32.7 Å². The number of hydrogen-bond acceptors (Lipinski definition) is 0. The predicted octanol–water partition coefficient (Wildman–Crippen LogP) is 1.01. The zero-order valence-corrected chi connectivity index (χ0v) is 6.85. The first kappa shape index (κ1) is 7.06. The summed E-state index contributed by atoms with van der Waals surface area (Å²) >= 11 is 0. The van der Waals surface area contributed by atoms with Gasteiger partial charge in [-0.2, -0.15) is 0 Å². The molecule has 1 fully saturated rings. The molecule has 0 bridgehead atoms. The van der Waals surface area contributed by atoms with E-state index in [1.807, 2.05) is 0 Å². The van der Waals surface area contributed by atoms with Gasteiger partial charge in [0.15, 0.2) is 0 Å². The molecule has 1 nitrogen and oxygen atoms in total. The van der Waals surface area contributed by atoms with Gasteiger partial charge < -0.3 is 5.32 Å². The van der Waals surface area contributed by atoms with Crippen LogP contribution in [-0.4, -0.2) is 13.1 Å². The third kappa shape index (κ3) is 1.68. The summed E-state index contributed by atoms with van der Waals surface area (Å²) in [6.45, 7) is 4.44. The fourth-order valence-electron chi connectivity index (χ4n) is 0.387. The van der Waals surface area contributed by atoms with Gasteiger partial charge in [-0.1, -0.05) is 12.8 Å². The molecule has 1 rings (SSSR count). The minimum atomic E-state index is 0. The Bertz CT molecular complexity index is 34.5. The second-order valence-corrected chi connectivity index (χ2v) is 1.69. The van der Waals surface area contributed by atoms with Crippen molar-refractivity contribution in [2.75, 3.05) is 13.1 Å². The third-order valence-electron chi connectivity index (χ3n) is 0.882. The summed E-state index contributed by atoms with van der Waals surface area (Å²) < 4.78 is 0. The van der Waals surface area contributed by atoms with Crippen LogP contribution in [0.2, 0.25) is 0 Å². The molecule has 0 aromatic carbocycles. The standard InChI is InChI=1S/C4H8N.Y/c1-4-2-5-3-4;/h4H,2-3H2,1H3;/q-1;. The monoisotopic (exact) mass is 159 g/mol. The first-order chi connectivity index (χ1) is 2.39. The minimum absolute atomic E-state index is 0. The molecule has 0 N–H and O–H groups in total. The Morgan fingerprint density at radius 3 is 1.83 bits per heavy atom. The molecule has 2 heteroatoms. The number of hydrogen-bond donors (Lipinski definition) is 0. The first-order valence-corrected chi connectivity index (χ1v) is 2.03. The summed E-state index contributed by atoms with van der Waals surface area (Å²) in [5.74, 6) is 0.898. The molecule has 0 saturated carbocycles. The zero-order chi connectivity index (χ0) is 3.70. The van der Waals surface area contributed by atoms with E-state index in [1.54, 1.807) is 0 Å². The van der Waals surface area contributed by atoms with E-state index in [-0.39, 0.29) is 32.7 Å². The quantitative estimate of drug-likeness (QED) is 0.500. The van der Waals surface area contributed by atoms with E-state index in [1.165, 1.54) is 0 Å². The van der Waals surface area contributed by atoms with Gasteiger partial charge in [-0.15, -0.1) is 13.1 Å². The molecular formula is C4H8NY-. The minimum Gasteiger partial charge on any atom is -0.662 e. The van der Waals surface area contributed by atoms with Crippen LogP contribution in [0.1, 0.15) is 6.92 Å². The Labute approximate surface area is 63.8 Å². The fraction of sp³-hybridized carbons (Fsp3) is 1.00. The van der Waals surface area contributed by atoms with Crippen LogP contribution in [0, 0.1) is 5.92 Å². The molecule has 1 aliphatic rings. The first-order valence-electron chi connectivity index (χ1n) is 2.03. The van der Waals surface area contributed by atoms with Crippen molar-refractivity contribution >= 4 is 0 Å². The molecule has 6 heavy (non-hydrogen) atoms. The van der Waals surface area contributed by atoms with Crippen molar-refractivity contribution in [2.24, 2.45) is 5.92 Å². The normalized spacial score (nSPS) is 21.5. The van der Waals surface area contributed by atoms with Gasteiger partial charge in [0.05, 0.1) is 0 Å². The third-order valence-corrected chi connectivity index (χ3v) is 0.882. The van der Waals surface area contributed by atoms with Crippen LogP contribution in [0.5, 0.6) is 0 Å². The molecule has 1 aliphatic heterocycles. The molecular weight excluding hydrogens is 151 g/mol. The summed E-state index contributed by atoms with van der Waals surface area (Å²) in [6.07, 6.45) is 0. The van der Waals surface area contributed by atoms with E-state index in [9.17, 15) is 0 Å². The maximum absolute atomic E-state index is 4.00. The van der Waals surface area contributed by atoms with Crippen molar-refractivity contribution in [1.29, 1.82) is 0 Å². The molecule has 0 aromatic rings. The van der Waals surface area contributed by atoms with Gasteiger partial charge >= 0.3 is 0 Å². The van der Waals surface area contributed by atoms with E-state index in [0.29, 0.717) is 0 Å². The van der Waals surface area contributed by atoms with Crippen LogP contribution < -0.4 is 0 Å². The van der Waals surface area contributed by atoms with Gasteiger partial charge in [0.1, 0.15) is 0 Å². The predicted molar refractivity (Wildman–Crippen MR) is 22.3 cm³/mol. The number of rotatable bonds is 0. The number of nitrogens with zero attached hydrogens (tertiary/aromatic N) is 1. The summed E-state index contributed by atoms with van der Waals surface area (Å²) in [6, 6.07) is 0. The molecule has 0 spiro atoms. The Morgan fingerprint density at radius 1 is 1.50 bits per heavy atom. The van der Waals surface area contributed by atoms with Crippen molar-refractivity contribution in [3.63, 3.8) is 0 Å². The van der Waals surface area contributed by atoms with Gasteiger partial charge in [-0.25, -0.2) is 0 Å². The molecule has 0 amide bonds. The van der Waals surface area contributed by atoms with Gasteiger partial charge in [-0.05, 0) is 0 Å². The smallest absolute Gasteiger partial charge is 0 e. The van der Waals surface area contributed by atoms with Crippen LogP contribution in [-0.2, 0) is 32.7 Å². The van der Waals surface area contributed by atoms with Crippen molar-refractivity contribution in [3.8, 4) is 0 Å². The van der Waals surface area contributed by atoms with Crippen molar-refractivity contribution in [2.45, 2.75) is 6.92 Å². The van der Waals surface area contributed by atoms with Gasteiger partial charge in [-0.3, -0.25) is 0 Å². The molecule has 33 valence electrons. The molecule has 1 heterocycles. The van der Waals surface area contributed by atoms with Crippen molar-refractivity contribution in [1.82, 2.24) is 0 Å². The second-order valence-electron chi connectivity index (χ2n) is 1.69. The second kappa shape index (κ2) is 3.12. The van der Waals surface area contributed by atoms with E-state index in [4.69, 9.17) is 0 Å². The maximum atomic E-state index is 4.00.